The smallest absolute Gasteiger partial charge is 0.195 e. The summed E-state index contributed by atoms with van der Waals surface area (Å²) in [5.74, 6) is -0.0387. The third-order valence-electron chi connectivity index (χ3n) is 4.76. The highest BCUT2D eigenvalue weighted by atomic mass is 35.5. The summed E-state index contributed by atoms with van der Waals surface area (Å²) in [5, 5.41) is 2.61. The van der Waals surface area contributed by atoms with Crippen LogP contribution in [0.1, 0.15) is 15.9 Å². The first-order valence-corrected chi connectivity index (χ1v) is 9.56. The zero-order valence-corrected chi connectivity index (χ0v) is 15.3. The highest BCUT2D eigenvalue weighted by molar-refractivity contribution is 7.99. The summed E-state index contributed by atoms with van der Waals surface area (Å²) in [7, 11) is 0. The van der Waals surface area contributed by atoms with Crippen LogP contribution in [0, 0.1) is 0 Å². The SMILES string of the molecule is O=C(c1ccccc1Cl)c1ccc2c3c(cccc13)-c1ccccc1S2. The summed E-state index contributed by atoms with van der Waals surface area (Å²) in [5.41, 5.74) is 3.64. The Morgan fingerprint density at radius 2 is 1.46 bits per heavy atom. The molecule has 26 heavy (non-hydrogen) atoms. The molecule has 0 bridgehead atoms. The Bertz CT molecular complexity index is 1200. The van der Waals surface area contributed by atoms with Crippen LogP contribution in [0.4, 0.5) is 0 Å². The lowest BCUT2D eigenvalue weighted by molar-refractivity contribution is 0.104. The van der Waals surface area contributed by atoms with E-state index in [0.717, 1.165) is 10.8 Å². The van der Waals surface area contributed by atoms with Crippen LogP contribution in [-0.2, 0) is 0 Å². The summed E-state index contributed by atoms with van der Waals surface area (Å²) in [4.78, 5) is 15.6. The minimum Gasteiger partial charge on any atom is -0.289 e. The third kappa shape index (κ3) is 2.30. The number of rotatable bonds is 2. The standard InChI is InChI=1S/C23H13ClOS/c24-19-10-3-1-7-18(19)23(25)17-12-13-21-22-15(8-5-9-16(17)22)14-6-2-4-11-20(14)26-21/h1-13H. The highest BCUT2D eigenvalue weighted by Gasteiger charge is 2.22. The Kier molecular flexibility index (Phi) is 3.63. The molecule has 0 radical (unpaired) electrons. The van der Waals surface area contributed by atoms with E-state index in [1.165, 1.54) is 20.9 Å². The Hall–Kier alpha value is -2.55. The van der Waals surface area contributed by atoms with Gasteiger partial charge in [-0.25, -0.2) is 0 Å². The van der Waals surface area contributed by atoms with Crippen molar-refractivity contribution >= 4 is 39.9 Å². The van der Waals surface area contributed by atoms with Crippen molar-refractivity contribution < 1.29 is 4.79 Å². The zero-order valence-electron chi connectivity index (χ0n) is 13.7. The van der Waals surface area contributed by atoms with Crippen molar-refractivity contribution in [2.45, 2.75) is 9.79 Å². The molecule has 1 aliphatic heterocycles. The first-order chi connectivity index (χ1) is 12.7. The van der Waals surface area contributed by atoms with E-state index in [1.807, 2.05) is 30.3 Å². The third-order valence-corrected chi connectivity index (χ3v) is 6.23. The van der Waals surface area contributed by atoms with Crippen molar-refractivity contribution in [1.82, 2.24) is 0 Å². The molecular weight excluding hydrogens is 360 g/mol. The van der Waals surface area contributed by atoms with Gasteiger partial charge in [-0.05, 0) is 46.8 Å². The number of benzene rings is 4. The zero-order chi connectivity index (χ0) is 17.7. The molecule has 0 saturated carbocycles. The molecule has 0 spiro atoms. The molecule has 1 nitrogen and oxygen atoms in total. The van der Waals surface area contributed by atoms with Gasteiger partial charge in [-0.2, -0.15) is 0 Å². The van der Waals surface area contributed by atoms with Crippen molar-refractivity contribution in [3.05, 3.63) is 95.0 Å². The Morgan fingerprint density at radius 3 is 2.35 bits per heavy atom. The van der Waals surface area contributed by atoms with Crippen LogP contribution in [0.25, 0.3) is 21.9 Å². The highest BCUT2D eigenvalue weighted by Crippen LogP contribution is 2.48. The number of carbonyl (C=O) groups is 1. The van der Waals surface area contributed by atoms with Gasteiger partial charge in [0.1, 0.15) is 0 Å². The van der Waals surface area contributed by atoms with E-state index in [2.05, 4.69) is 36.4 Å². The molecule has 0 saturated heterocycles. The number of hydrogen-bond donors (Lipinski definition) is 0. The second-order valence-corrected chi connectivity index (χ2v) is 7.74. The van der Waals surface area contributed by atoms with E-state index in [4.69, 9.17) is 11.6 Å². The average Bonchev–Trinajstić information content (AvgIpc) is 2.68. The van der Waals surface area contributed by atoms with Crippen LogP contribution in [-0.4, -0.2) is 5.78 Å². The Morgan fingerprint density at radius 1 is 0.692 bits per heavy atom. The first-order valence-electron chi connectivity index (χ1n) is 8.36. The van der Waals surface area contributed by atoms with Gasteiger partial charge in [0.15, 0.2) is 5.78 Å². The first kappa shape index (κ1) is 15.7. The van der Waals surface area contributed by atoms with E-state index in [1.54, 1.807) is 23.9 Å². The molecule has 0 atom stereocenters. The molecule has 4 aromatic rings. The molecule has 3 heteroatoms. The lowest BCUT2D eigenvalue weighted by Crippen LogP contribution is -2.04. The topological polar surface area (TPSA) is 17.1 Å². The van der Waals surface area contributed by atoms with Crippen molar-refractivity contribution in [3.63, 3.8) is 0 Å². The summed E-state index contributed by atoms with van der Waals surface area (Å²) in [6, 6.07) is 25.8. The molecule has 124 valence electrons. The van der Waals surface area contributed by atoms with Gasteiger partial charge < -0.3 is 0 Å². The summed E-state index contributed by atoms with van der Waals surface area (Å²) < 4.78 is 0. The minimum atomic E-state index is -0.0387. The van der Waals surface area contributed by atoms with Crippen LogP contribution in [0.2, 0.25) is 5.02 Å². The fourth-order valence-electron chi connectivity index (χ4n) is 3.57. The van der Waals surface area contributed by atoms with Gasteiger partial charge in [-0.1, -0.05) is 71.9 Å². The fourth-order valence-corrected chi connectivity index (χ4v) is 4.92. The molecule has 1 aliphatic rings. The van der Waals surface area contributed by atoms with Gasteiger partial charge in [0.05, 0.1) is 5.02 Å². The van der Waals surface area contributed by atoms with Crippen molar-refractivity contribution in [3.8, 4) is 11.1 Å². The normalized spacial score (nSPS) is 12.0. The number of ketones is 1. The van der Waals surface area contributed by atoms with E-state index in [9.17, 15) is 4.79 Å². The van der Waals surface area contributed by atoms with Gasteiger partial charge in [0.2, 0.25) is 0 Å². The van der Waals surface area contributed by atoms with Crippen molar-refractivity contribution in [1.29, 1.82) is 0 Å². The van der Waals surface area contributed by atoms with E-state index < -0.39 is 0 Å². The molecule has 5 rings (SSSR count). The second kappa shape index (κ2) is 6.01. The molecule has 0 unspecified atom stereocenters. The molecule has 0 aliphatic carbocycles. The largest absolute Gasteiger partial charge is 0.289 e. The van der Waals surface area contributed by atoms with E-state index >= 15 is 0 Å². The van der Waals surface area contributed by atoms with E-state index in [0.29, 0.717) is 16.1 Å². The van der Waals surface area contributed by atoms with Crippen molar-refractivity contribution in [2.75, 3.05) is 0 Å². The van der Waals surface area contributed by atoms with Crippen LogP contribution in [0.15, 0.2) is 88.7 Å². The molecule has 0 fully saturated rings. The Balaban J connectivity index is 1.79. The average molecular weight is 373 g/mol. The van der Waals surface area contributed by atoms with Gasteiger partial charge >= 0.3 is 0 Å². The molecular formula is C23H13ClOS. The summed E-state index contributed by atoms with van der Waals surface area (Å²) in [6.07, 6.45) is 0. The number of carbonyl (C=O) groups excluding carboxylic acids is 1. The molecule has 0 aromatic heterocycles. The summed E-state index contributed by atoms with van der Waals surface area (Å²) in [6.45, 7) is 0. The lowest BCUT2D eigenvalue weighted by Gasteiger charge is -2.21. The molecule has 0 N–H and O–H groups in total. The number of halogens is 1. The van der Waals surface area contributed by atoms with Crippen LogP contribution in [0.5, 0.6) is 0 Å². The maximum Gasteiger partial charge on any atom is 0.195 e. The quantitative estimate of drug-likeness (QED) is 0.315. The second-order valence-electron chi connectivity index (χ2n) is 6.25. The molecule has 4 aromatic carbocycles. The predicted octanol–water partition coefficient (Wildman–Crippen LogP) is 6.86. The fraction of sp³-hybridized carbons (Fsp3) is 0. The number of hydrogen-bond acceptors (Lipinski definition) is 2. The minimum absolute atomic E-state index is 0.0387. The lowest BCUT2D eigenvalue weighted by atomic mass is 9.92. The maximum absolute atomic E-state index is 13.2. The predicted molar refractivity (Wildman–Crippen MR) is 108 cm³/mol. The number of fused-ring (bicyclic) bond motifs is 2. The van der Waals surface area contributed by atoms with Crippen molar-refractivity contribution in [2.24, 2.45) is 0 Å². The van der Waals surface area contributed by atoms with Gasteiger partial charge in [0, 0.05) is 26.3 Å². The van der Waals surface area contributed by atoms with Crippen LogP contribution >= 0.6 is 23.4 Å². The molecule has 1 heterocycles. The van der Waals surface area contributed by atoms with Gasteiger partial charge in [-0.15, -0.1) is 0 Å². The monoisotopic (exact) mass is 372 g/mol. The van der Waals surface area contributed by atoms with E-state index in [-0.39, 0.29) is 5.78 Å². The van der Waals surface area contributed by atoms with Gasteiger partial charge in [0.25, 0.3) is 0 Å². The Labute approximate surface area is 160 Å². The van der Waals surface area contributed by atoms with Gasteiger partial charge in [-0.3, -0.25) is 4.79 Å². The molecule has 0 amide bonds. The van der Waals surface area contributed by atoms with Crippen LogP contribution < -0.4 is 0 Å². The maximum atomic E-state index is 13.2. The summed E-state index contributed by atoms with van der Waals surface area (Å²) >= 11 is 8.02. The van der Waals surface area contributed by atoms with Crippen LogP contribution in [0.3, 0.4) is 0 Å².